The molecule has 1 aromatic carbocycles. The molecule has 0 aliphatic heterocycles. The van der Waals surface area contributed by atoms with Gasteiger partial charge in [0.05, 0.1) is 0 Å². The van der Waals surface area contributed by atoms with Gasteiger partial charge in [0.15, 0.2) is 0 Å². The first-order chi connectivity index (χ1) is 12.5. The third kappa shape index (κ3) is 5.52. The Bertz CT molecular complexity index is 561. The van der Waals surface area contributed by atoms with E-state index in [0.717, 1.165) is 37.1 Å². The van der Waals surface area contributed by atoms with Crippen molar-refractivity contribution in [3.8, 4) is 0 Å². The van der Waals surface area contributed by atoms with E-state index in [2.05, 4.69) is 56.9 Å². The second-order valence-electron chi connectivity index (χ2n) is 8.33. The molecule has 1 aromatic rings. The number of hydrogen-bond acceptors (Lipinski definition) is 2. The van der Waals surface area contributed by atoms with Crippen LogP contribution in [0.2, 0.25) is 0 Å². The van der Waals surface area contributed by atoms with Gasteiger partial charge in [0.2, 0.25) is 5.91 Å². The number of carbonyl (C=O) groups excluding carboxylic acids is 1. The van der Waals surface area contributed by atoms with Crippen molar-refractivity contribution in [3.63, 3.8) is 0 Å². The van der Waals surface area contributed by atoms with Gasteiger partial charge < -0.3 is 5.32 Å². The van der Waals surface area contributed by atoms with E-state index in [4.69, 9.17) is 0 Å². The van der Waals surface area contributed by atoms with E-state index < -0.39 is 0 Å². The van der Waals surface area contributed by atoms with Crippen molar-refractivity contribution >= 4 is 24.2 Å². The highest BCUT2D eigenvalue weighted by Crippen LogP contribution is 2.44. The number of nitrogens with one attached hydrogen (secondary N) is 1. The zero-order valence-corrected chi connectivity index (χ0v) is 17.8. The third-order valence-electron chi connectivity index (χ3n) is 6.27. The summed E-state index contributed by atoms with van der Waals surface area (Å²) in [7, 11) is 0. The highest BCUT2D eigenvalue weighted by atomic mass is 32.1. The lowest BCUT2D eigenvalue weighted by molar-refractivity contribution is -0.128. The number of para-hydroxylation sites is 1. The fourth-order valence-corrected chi connectivity index (χ4v) is 4.53. The number of benzene rings is 1. The maximum Gasteiger partial charge on any atom is 0.230 e. The van der Waals surface area contributed by atoms with Gasteiger partial charge in [0, 0.05) is 11.1 Å². The minimum absolute atomic E-state index is 0.169. The van der Waals surface area contributed by atoms with Gasteiger partial charge >= 0.3 is 0 Å². The van der Waals surface area contributed by atoms with Crippen molar-refractivity contribution in [2.75, 3.05) is 11.1 Å². The summed E-state index contributed by atoms with van der Waals surface area (Å²) in [6, 6.07) is 8.30. The van der Waals surface area contributed by atoms with E-state index in [1.54, 1.807) is 0 Å². The number of hydrogen-bond donors (Lipinski definition) is 2. The van der Waals surface area contributed by atoms with Crippen LogP contribution >= 0.6 is 12.6 Å². The number of thiol groups is 1. The SMILES string of the molecule is CCC(CC)CC1(C(=O)Nc2ccccc2CC(C)CS)CCCCC1. The van der Waals surface area contributed by atoms with Crippen LogP contribution in [0.5, 0.6) is 0 Å². The van der Waals surface area contributed by atoms with Crippen molar-refractivity contribution in [2.45, 2.75) is 78.6 Å². The molecule has 0 radical (unpaired) electrons. The Labute approximate surface area is 165 Å². The van der Waals surface area contributed by atoms with Crippen molar-refractivity contribution in [1.82, 2.24) is 0 Å². The maximum atomic E-state index is 13.4. The van der Waals surface area contributed by atoms with Gasteiger partial charge in [-0.2, -0.15) is 12.6 Å². The number of amides is 1. The van der Waals surface area contributed by atoms with Gasteiger partial charge in [-0.3, -0.25) is 4.79 Å². The van der Waals surface area contributed by atoms with Gasteiger partial charge in [0.1, 0.15) is 0 Å². The van der Waals surface area contributed by atoms with E-state index >= 15 is 0 Å². The second kappa shape index (κ2) is 10.4. The second-order valence-corrected chi connectivity index (χ2v) is 8.70. The lowest BCUT2D eigenvalue weighted by Gasteiger charge is -2.38. The van der Waals surface area contributed by atoms with Crippen molar-refractivity contribution < 1.29 is 4.79 Å². The van der Waals surface area contributed by atoms with Crippen LogP contribution in [0.4, 0.5) is 5.69 Å². The summed E-state index contributed by atoms with van der Waals surface area (Å²) in [5.41, 5.74) is 2.06. The average molecular weight is 376 g/mol. The first-order valence-corrected chi connectivity index (χ1v) is 11.2. The minimum Gasteiger partial charge on any atom is -0.325 e. The lowest BCUT2D eigenvalue weighted by atomic mass is 9.67. The summed E-state index contributed by atoms with van der Waals surface area (Å²) in [6.45, 7) is 6.73. The van der Waals surface area contributed by atoms with Gasteiger partial charge in [-0.25, -0.2) is 0 Å². The van der Waals surface area contributed by atoms with Crippen molar-refractivity contribution in [3.05, 3.63) is 29.8 Å². The summed E-state index contributed by atoms with van der Waals surface area (Å²) in [5.74, 6) is 2.28. The van der Waals surface area contributed by atoms with Crippen LogP contribution in [0.3, 0.4) is 0 Å². The summed E-state index contributed by atoms with van der Waals surface area (Å²) >= 11 is 4.42. The highest BCUT2D eigenvalue weighted by molar-refractivity contribution is 7.80. The summed E-state index contributed by atoms with van der Waals surface area (Å²) in [4.78, 5) is 13.4. The number of carbonyl (C=O) groups is 1. The largest absolute Gasteiger partial charge is 0.325 e. The lowest BCUT2D eigenvalue weighted by Crippen LogP contribution is -2.39. The Morgan fingerprint density at radius 3 is 2.42 bits per heavy atom. The quantitative estimate of drug-likeness (QED) is 0.473. The summed E-state index contributed by atoms with van der Waals surface area (Å²) in [5, 5.41) is 3.34. The molecule has 2 nitrogen and oxygen atoms in total. The van der Waals surface area contributed by atoms with E-state index in [-0.39, 0.29) is 11.3 Å². The van der Waals surface area contributed by atoms with Crippen LogP contribution in [0.15, 0.2) is 24.3 Å². The Morgan fingerprint density at radius 1 is 1.15 bits per heavy atom. The molecule has 146 valence electrons. The molecule has 0 heterocycles. The molecule has 0 spiro atoms. The van der Waals surface area contributed by atoms with Gasteiger partial charge in [-0.15, -0.1) is 0 Å². The average Bonchev–Trinajstić information content (AvgIpc) is 2.68. The molecule has 1 aliphatic carbocycles. The van der Waals surface area contributed by atoms with E-state index in [1.165, 1.54) is 37.7 Å². The molecule has 1 atom stereocenters. The first kappa shape index (κ1) is 21.3. The van der Waals surface area contributed by atoms with Gasteiger partial charge in [0.25, 0.3) is 0 Å². The van der Waals surface area contributed by atoms with Gasteiger partial charge in [-0.05, 0) is 54.9 Å². The predicted molar refractivity (Wildman–Crippen MR) is 116 cm³/mol. The highest BCUT2D eigenvalue weighted by Gasteiger charge is 2.40. The van der Waals surface area contributed by atoms with Crippen molar-refractivity contribution in [1.29, 1.82) is 0 Å². The number of anilines is 1. The molecule has 1 aliphatic rings. The molecule has 0 aromatic heterocycles. The third-order valence-corrected chi connectivity index (χ3v) is 6.90. The van der Waals surface area contributed by atoms with E-state index in [0.29, 0.717) is 11.8 Å². The Morgan fingerprint density at radius 2 is 1.81 bits per heavy atom. The van der Waals surface area contributed by atoms with Crippen LogP contribution < -0.4 is 5.32 Å². The molecule has 1 unspecified atom stereocenters. The molecular formula is C23H37NOS. The minimum atomic E-state index is -0.169. The molecule has 1 amide bonds. The summed E-state index contributed by atoms with van der Waals surface area (Å²) < 4.78 is 0. The standard InChI is InChI=1S/C23H37NOS/c1-4-19(5-2)16-23(13-9-6-10-14-23)22(25)24-21-12-8-7-11-20(21)15-18(3)17-26/h7-8,11-12,18-19,26H,4-6,9-10,13-17H2,1-3H3,(H,24,25). The molecule has 1 fully saturated rings. The zero-order chi connectivity index (χ0) is 19.0. The van der Waals surface area contributed by atoms with Crippen LogP contribution in [-0.4, -0.2) is 11.7 Å². The van der Waals surface area contributed by atoms with E-state index in [9.17, 15) is 4.79 Å². The molecule has 1 N–H and O–H groups in total. The summed E-state index contributed by atoms with van der Waals surface area (Å²) in [6.07, 6.45) is 10.1. The Balaban J connectivity index is 2.19. The first-order valence-electron chi connectivity index (χ1n) is 10.5. The smallest absolute Gasteiger partial charge is 0.230 e. The Kier molecular flexibility index (Phi) is 8.53. The molecule has 26 heavy (non-hydrogen) atoms. The molecule has 2 rings (SSSR count). The maximum absolute atomic E-state index is 13.4. The topological polar surface area (TPSA) is 29.1 Å². The van der Waals surface area contributed by atoms with Crippen molar-refractivity contribution in [2.24, 2.45) is 17.3 Å². The predicted octanol–water partition coefficient (Wildman–Crippen LogP) is 6.51. The molecule has 1 saturated carbocycles. The Hall–Kier alpha value is -0.960. The fraction of sp³-hybridized carbons (Fsp3) is 0.696. The fourth-order valence-electron chi connectivity index (χ4n) is 4.40. The van der Waals surface area contributed by atoms with Crippen LogP contribution in [0.25, 0.3) is 0 Å². The van der Waals surface area contributed by atoms with Crippen LogP contribution in [0, 0.1) is 17.3 Å². The molecule has 3 heteroatoms. The molecule has 0 saturated heterocycles. The molecular weight excluding hydrogens is 338 g/mol. The zero-order valence-electron chi connectivity index (χ0n) is 16.9. The van der Waals surface area contributed by atoms with Crippen LogP contribution in [-0.2, 0) is 11.2 Å². The van der Waals surface area contributed by atoms with E-state index in [1.807, 2.05) is 6.07 Å². The normalized spacial score (nSPS) is 17.9. The van der Waals surface area contributed by atoms with Gasteiger partial charge in [-0.1, -0.05) is 71.1 Å². The number of rotatable bonds is 9. The monoisotopic (exact) mass is 375 g/mol. The molecule has 0 bridgehead atoms. The van der Waals surface area contributed by atoms with Crippen LogP contribution in [0.1, 0.15) is 77.7 Å².